The minimum absolute atomic E-state index is 0.0365. The topological polar surface area (TPSA) is 85.3 Å². The van der Waals surface area contributed by atoms with Gasteiger partial charge in [-0.1, -0.05) is 11.8 Å². The highest BCUT2D eigenvalue weighted by Crippen LogP contribution is 2.44. The summed E-state index contributed by atoms with van der Waals surface area (Å²) in [4.78, 5) is 18.5. The highest BCUT2D eigenvalue weighted by Gasteiger charge is 2.49. The summed E-state index contributed by atoms with van der Waals surface area (Å²) < 4.78 is 35.4. The van der Waals surface area contributed by atoms with E-state index in [1.165, 1.54) is 11.8 Å². The molecule has 1 aromatic carbocycles. The number of aliphatic imine (C=N–C) groups is 1. The third-order valence-electron chi connectivity index (χ3n) is 5.00. The quantitative estimate of drug-likeness (QED) is 0.751. The number of thioether (sulfide) groups is 1. The van der Waals surface area contributed by atoms with Crippen molar-refractivity contribution < 1.29 is 22.7 Å². The predicted octanol–water partition coefficient (Wildman–Crippen LogP) is 1.47. The van der Waals surface area contributed by atoms with Crippen molar-refractivity contribution in [3.05, 3.63) is 18.2 Å². The van der Waals surface area contributed by atoms with Crippen molar-refractivity contribution in [1.29, 1.82) is 0 Å². The first-order valence-corrected chi connectivity index (χ1v) is 11.4. The normalized spacial score (nSPS) is 30.5. The third kappa shape index (κ3) is 2.87. The van der Waals surface area contributed by atoms with Gasteiger partial charge in [0.15, 0.2) is 26.5 Å². The average Bonchev–Trinajstić information content (AvgIpc) is 3.35. The fraction of sp³-hybridized carbons (Fsp3) is 0.529. The van der Waals surface area contributed by atoms with Crippen molar-refractivity contribution >= 4 is 38.4 Å². The molecule has 138 valence electrons. The molecule has 0 spiro atoms. The predicted molar refractivity (Wildman–Crippen MR) is 98.9 cm³/mol. The molecule has 0 radical (unpaired) electrons. The molecule has 0 bridgehead atoms. The van der Waals surface area contributed by atoms with Crippen LogP contribution in [0.5, 0.6) is 11.5 Å². The molecule has 1 aliphatic carbocycles. The SMILES string of the molecule is O=C(N=C1SC2CS(=O)(=O)CC2N1c1ccc2c(c1)OCCO2)C1CC1. The molecule has 0 N–H and O–H groups in total. The summed E-state index contributed by atoms with van der Waals surface area (Å²) in [6.45, 7) is 0.990. The number of fused-ring (bicyclic) bond motifs is 2. The Morgan fingerprint density at radius 1 is 1.15 bits per heavy atom. The van der Waals surface area contributed by atoms with Crippen LogP contribution >= 0.6 is 11.8 Å². The monoisotopic (exact) mass is 394 g/mol. The number of rotatable bonds is 2. The molecule has 4 aliphatic rings. The number of amides is 1. The van der Waals surface area contributed by atoms with Gasteiger partial charge < -0.3 is 14.4 Å². The number of carbonyl (C=O) groups excluding carboxylic acids is 1. The van der Waals surface area contributed by atoms with Crippen LogP contribution in [0.2, 0.25) is 0 Å². The number of anilines is 1. The first-order valence-electron chi connectivity index (χ1n) is 8.69. The van der Waals surface area contributed by atoms with Crippen LogP contribution in [0.25, 0.3) is 0 Å². The summed E-state index contributed by atoms with van der Waals surface area (Å²) >= 11 is 1.40. The van der Waals surface area contributed by atoms with E-state index < -0.39 is 9.84 Å². The molecule has 1 amide bonds. The minimum atomic E-state index is -3.08. The third-order valence-corrected chi connectivity index (χ3v) is 8.21. The lowest BCUT2D eigenvalue weighted by Gasteiger charge is -2.26. The Morgan fingerprint density at radius 3 is 2.69 bits per heavy atom. The molecule has 2 unspecified atom stereocenters. The molecular formula is C17H18N2O5S2. The largest absolute Gasteiger partial charge is 0.486 e. The zero-order valence-electron chi connectivity index (χ0n) is 14.0. The van der Waals surface area contributed by atoms with Crippen LogP contribution in [-0.4, -0.2) is 55.5 Å². The molecule has 1 aromatic rings. The smallest absolute Gasteiger partial charge is 0.251 e. The molecule has 0 aromatic heterocycles. The molecule has 3 aliphatic heterocycles. The number of nitrogens with zero attached hydrogens (tertiary/aromatic N) is 2. The molecule has 26 heavy (non-hydrogen) atoms. The van der Waals surface area contributed by atoms with Crippen LogP contribution in [0, 0.1) is 5.92 Å². The Kier molecular flexibility index (Phi) is 3.72. The minimum Gasteiger partial charge on any atom is -0.486 e. The second-order valence-corrected chi connectivity index (χ2v) is 10.4. The standard InChI is InChI=1S/C17H18N2O5S2/c20-16(10-1-2-10)18-17-19(12-8-26(21,22)9-15(12)25-17)11-3-4-13-14(7-11)24-6-5-23-13/h3-4,7,10,12,15H,1-2,5-6,8-9H2. The second-order valence-electron chi connectivity index (χ2n) is 7.01. The van der Waals surface area contributed by atoms with Gasteiger partial charge in [0.2, 0.25) is 0 Å². The van der Waals surface area contributed by atoms with Crippen molar-refractivity contribution in [2.24, 2.45) is 10.9 Å². The summed E-state index contributed by atoms with van der Waals surface area (Å²) in [7, 11) is -3.08. The summed E-state index contributed by atoms with van der Waals surface area (Å²) in [6, 6.07) is 5.34. The Labute approximate surface area is 155 Å². The van der Waals surface area contributed by atoms with E-state index in [9.17, 15) is 13.2 Å². The van der Waals surface area contributed by atoms with Gasteiger partial charge in [0, 0.05) is 22.9 Å². The summed E-state index contributed by atoms with van der Waals surface area (Å²) in [5.41, 5.74) is 0.786. The van der Waals surface area contributed by atoms with E-state index in [1.54, 1.807) is 0 Å². The van der Waals surface area contributed by atoms with Gasteiger partial charge in [0.25, 0.3) is 5.91 Å². The molecule has 7 nitrogen and oxygen atoms in total. The highest BCUT2D eigenvalue weighted by atomic mass is 32.2. The van der Waals surface area contributed by atoms with E-state index in [-0.39, 0.29) is 34.6 Å². The fourth-order valence-electron chi connectivity index (χ4n) is 3.56. The number of amidine groups is 1. The van der Waals surface area contributed by atoms with E-state index >= 15 is 0 Å². The van der Waals surface area contributed by atoms with Crippen molar-refractivity contribution in [3.8, 4) is 11.5 Å². The molecule has 3 heterocycles. The van der Waals surface area contributed by atoms with Gasteiger partial charge in [-0.15, -0.1) is 0 Å². The van der Waals surface area contributed by atoms with Crippen LogP contribution in [-0.2, 0) is 14.6 Å². The van der Waals surface area contributed by atoms with Crippen molar-refractivity contribution in [2.45, 2.75) is 24.1 Å². The number of sulfone groups is 1. The van der Waals surface area contributed by atoms with Crippen molar-refractivity contribution in [2.75, 3.05) is 29.6 Å². The molecule has 1 saturated carbocycles. The number of benzene rings is 1. The van der Waals surface area contributed by atoms with Crippen molar-refractivity contribution in [1.82, 2.24) is 0 Å². The number of hydrogen-bond donors (Lipinski definition) is 0. The lowest BCUT2D eigenvalue weighted by Crippen LogP contribution is -2.37. The number of ether oxygens (including phenoxy) is 2. The van der Waals surface area contributed by atoms with Gasteiger partial charge in [-0.2, -0.15) is 4.99 Å². The van der Waals surface area contributed by atoms with Gasteiger partial charge in [-0.3, -0.25) is 4.79 Å². The van der Waals surface area contributed by atoms with E-state index in [1.807, 2.05) is 23.1 Å². The van der Waals surface area contributed by atoms with E-state index in [0.717, 1.165) is 18.5 Å². The van der Waals surface area contributed by atoms with E-state index in [0.29, 0.717) is 29.9 Å². The Morgan fingerprint density at radius 2 is 1.92 bits per heavy atom. The van der Waals surface area contributed by atoms with Crippen LogP contribution in [0.1, 0.15) is 12.8 Å². The van der Waals surface area contributed by atoms with Crippen LogP contribution in [0.15, 0.2) is 23.2 Å². The number of carbonyl (C=O) groups is 1. The van der Waals surface area contributed by atoms with Crippen molar-refractivity contribution in [3.63, 3.8) is 0 Å². The van der Waals surface area contributed by atoms with Gasteiger partial charge in [0.1, 0.15) is 13.2 Å². The maximum Gasteiger partial charge on any atom is 0.251 e. The van der Waals surface area contributed by atoms with E-state index in [4.69, 9.17) is 9.47 Å². The Bertz CT molecular complexity index is 910. The Hall–Kier alpha value is -1.74. The zero-order valence-corrected chi connectivity index (χ0v) is 15.6. The second kappa shape index (κ2) is 5.88. The van der Waals surface area contributed by atoms with Crippen LogP contribution in [0.4, 0.5) is 5.69 Å². The first kappa shape index (κ1) is 16.4. The van der Waals surface area contributed by atoms with Crippen LogP contribution in [0.3, 0.4) is 0 Å². The summed E-state index contributed by atoms with van der Waals surface area (Å²) in [5, 5.41) is 0.502. The Balaban J connectivity index is 1.54. The first-order chi connectivity index (χ1) is 12.5. The molecular weight excluding hydrogens is 376 g/mol. The number of hydrogen-bond acceptors (Lipinski definition) is 6. The maximum absolute atomic E-state index is 12.2. The van der Waals surface area contributed by atoms with Gasteiger partial charge in [-0.25, -0.2) is 8.42 Å². The zero-order chi connectivity index (χ0) is 17.9. The lowest BCUT2D eigenvalue weighted by atomic mass is 10.2. The lowest BCUT2D eigenvalue weighted by molar-refractivity contribution is -0.118. The maximum atomic E-state index is 12.2. The van der Waals surface area contributed by atoms with Crippen LogP contribution < -0.4 is 14.4 Å². The molecule has 2 atom stereocenters. The van der Waals surface area contributed by atoms with E-state index in [2.05, 4.69) is 4.99 Å². The molecule has 9 heteroatoms. The average molecular weight is 394 g/mol. The van der Waals surface area contributed by atoms with Gasteiger partial charge >= 0.3 is 0 Å². The molecule has 3 fully saturated rings. The highest BCUT2D eigenvalue weighted by molar-refractivity contribution is 8.16. The summed E-state index contributed by atoms with van der Waals surface area (Å²) in [5.74, 6) is 1.45. The molecule has 2 saturated heterocycles. The van der Waals surface area contributed by atoms with Gasteiger partial charge in [0.05, 0.1) is 17.5 Å². The van der Waals surface area contributed by atoms with Gasteiger partial charge in [-0.05, 0) is 25.0 Å². The molecule has 5 rings (SSSR count). The fourth-order valence-corrected chi connectivity index (χ4v) is 7.48. The summed E-state index contributed by atoms with van der Waals surface area (Å²) in [6.07, 6.45) is 1.79.